The summed E-state index contributed by atoms with van der Waals surface area (Å²) in [5, 5.41) is 8.85. The molecule has 7 nitrogen and oxygen atoms in total. The minimum atomic E-state index is -1.15. The molecular weight excluding hydrogens is 264 g/mol. The van der Waals surface area contributed by atoms with Crippen molar-refractivity contribution in [1.82, 2.24) is 9.97 Å². The fourth-order valence-corrected chi connectivity index (χ4v) is 1.45. The molecule has 1 N–H and O–H groups in total. The van der Waals surface area contributed by atoms with Gasteiger partial charge in [-0.2, -0.15) is 4.98 Å². The van der Waals surface area contributed by atoms with Crippen molar-refractivity contribution >= 4 is 5.97 Å². The van der Waals surface area contributed by atoms with Crippen LogP contribution in [-0.2, 0) is 0 Å². The second kappa shape index (κ2) is 5.87. The lowest BCUT2D eigenvalue weighted by atomic mass is 10.3. The molecule has 1 heterocycles. The first-order valence-electron chi connectivity index (χ1n) is 5.59. The zero-order valence-corrected chi connectivity index (χ0v) is 10.9. The molecule has 2 rings (SSSR count). The third-order valence-corrected chi connectivity index (χ3v) is 2.39. The van der Waals surface area contributed by atoms with E-state index in [2.05, 4.69) is 9.97 Å². The van der Waals surface area contributed by atoms with Crippen LogP contribution in [0.2, 0.25) is 0 Å². The van der Waals surface area contributed by atoms with E-state index in [0.29, 0.717) is 17.2 Å². The average Bonchev–Trinajstić information content (AvgIpc) is 2.47. The molecule has 0 bridgehead atoms. The molecule has 1 aromatic heterocycles. The summed E-state index contributed by atoms with van der Waals surface area (Å²) in [4.78, 5) is 18.4. The first-order chi connectivity index (χ1) is 9.62. The third-order valence-electron chi connectivity index (χ3n) is 2.39. The molecule has 104 valence electrons. The minimum absolute atomic E-state index is 0.0693. The van der Waals surface area contributed by atoms with Crippen molar-refractivity contribution in [3.05, 3.63) is 36.2 Å². The van der Waals surface area contributed by atoms with Gasteiger partial charge in [0, 0.05) is 24.4 Å². The molecule has 7 heteroatoms. The van der Waals surface area contributed by atoms with Crippen LogP contribution in [0.1, 0.15) is 10.5 Å². The number of aromatic carboxylic acids is 1. The van der Waals surface area contributed by atoms with E-state index in [1.54, 1.807) is 18.2 Å². The monoisotopic (exact) mass is 276 g/mol. The maximum Gasteiger partial charge on any atom is 0.354 e. The maximum atomic E-state index is 10.8. The Hall–Kier alpha value is -2.83. The van der Waals surface area contributed by atoms with E-state index in [4.69, 9.17) is 19.3 Å². The molecule has 0 saturated carbocycles. The van der Waals surface area contributed by atoms with E-state index in [1.165, 1.54) is 26.5 Å². The zero-order valence-electron chi connectivity index (χ0n) is 10.9. The van der Waals surface area contributed by atoms with Crippen molar-refractivity contribution < 1.29 is 24.1 Å². The Balaban J connectivity index is 2.29. The smallest absolute Gasteiger partial charge is 0.354 e. The molecule has 0 unspecified atom stereocenters. The van der Waals surface area contributed by atoms with Gasteiger partial charge < -0.3 is 19.3 Å². The van der Waals surface area contributed by atoms with Crippen LogP contribution in [-0.4, -0.2) is 35.3 Å². The summed E-state index contributed by atoms with van der Waals surface area (Å²) < 4.78 is 15.6. The number of nitrogens with zero attached hydrogens (tertiary/aromatic N) is 2. The van der Waals surface area contributed by atoms with Crippen LogP contribution in [0.3, 0.4) is 0 Å². The number of hydrogen-bond acceptors (Lipinski definition) is 6. The van der Waals surface area contributed by atoms with Crippen molar-refractivity contribution in [2.45, 2.75) is 0 Å². The Kier molecular flexibility index (Phi) is 3.99. The van der Waals surface area contributed by atoms with Crippen molar-refractivity contribution in [1.29, 1.82) is 0 Å². The van der Waals surface area contributed by atoms with Crippen LogP contribution < -0.4 is 14.2 Å². The molecule has 0 fully saturated rings. The molecule has 0 atom stereocenters. The number of hydrogen-bond donors (Lipinski definition) is 1. The predicted octanol–water partition coefficient (Wildman–Crippen LogP) is 1.98. The predicted molar refractivity (Wildman–Crippen MR) is 68.6 cm³/mol. The molecule has 0 saturated heterocycles. The van der Waals surface area contributed by atoms with Crippen LogP contribution >= 0.6 is 0 Å². The standard InChI is InChI=1S/C13H12N2O5/c1-18-8-5-9(19-2)7-10(6-8)20-13-14-4-3-11(15-13)12(16)17/h3-7H,1-2H3,(H,16,17). The Bertz CT molecular complexity index is 608. The molecular formula is C13H12N2O5. The van der Waals surface area contributed by atoms with Gasteiger partial charge in [0.15, 0.2) is 5.69 Å². The normalized spacial score (nSPS) is 9.90. The minimum Gasteiger partial charge on any atom is -0.496 e. The second-order valence-corrected chi connectivity index (χ2v) is 3.68. The summed E-state index contributed by atoms with van der Waals surface area (Å²) >= 11 is 0. The summed E-state index contributed by atoms with van der Waals surface area (Å²) in [5.41, 5.74) is -0.148. The second-order valence-electron chi connectivity index (χ2n) is 3.68. The highest BCUT2D eigenvalue weighted by atomic mass is 16.5. The molecule has 2 aromatic rings. The Labute approximate surface area is 114 Å². The molecule has 0 amide bonds. The van der Waals surface area contributed by atoms with Crippen LogP contribution in [0.4, 0.5) is 0 Å². The number of carboxylic acid groups (broad SMARTS) is 1. The highest BCUT2D eigenvalue weighted by Gasteiger charge is 2.09. The highest BCUT2D eigenvalue weighted by Crippen LogP contribution is 2.29. The van der Waals surface area contributed by atoms with Crippen molar-refractivity contribution in [2.24, 2.45) is 0 Å². The summed E-state index contributed by atoms with van der Waals surface area (Å²) in [7, 11) is 3.03. The van der Waals surface area contributed by atoms with Crippen molar-refractivity contribution in [3.63, 3.8) is 0 Å². The quantitative estimate of drug-likeness (QED) is 0.892. The van der Waals surface area contributed by atoms with Gasteiger partial charge in [0.2, 0.25) is 0 Å². The van der Waals surface area contributed by atoms with Gasteiger partial charge in [0.25, 0.3) is 0 Å². The number of carboxylic acids is 1. The van der Waals surface area contributed by atoms with E-state index in [1.807, 2.05) is 0 Å². The topological polar surface area (TPSA) is 90.8 Å². The maximum absolute atomic E-state index is 10.8. The number of benzene rings is 1. The number of methoxy groups -OCH3 is 2. The van der Waals surface area contributed by atoms with Gasteiger partial charge in [0.05, 0.1) is 14.2 Å². The van der Waals surface area contributed by atoms with Gasteiger partial charge in [-0.15, -0.1) is 0 Å². The van der Waals surface area contributed by atoms with Crippen LogP contribution in [0.25, 0.3) is 0 Å². The lowest BCUT2D eigenvalue weighted by molar-refractivity contribution is 0.0689. The molecule has 20 heavy (non-hydrogen) atoms. The van der Waals surface area contributed by atoms with Crippen LogP contribution in [0.5, 0.6) is 23.3 Å². The Morgan fingerprint density at radius 1 is 1.10 bits per heavy atom. The Morgan fingerprint density at radius 2 is 1.70 bits per heavy atom. The fourth-order valence-electron chi connectivity index (χ4n) is 1.45. The summed E-state index contributed by atoms with van der Waals surface area (Å²) in [6.45, 7) is 0. The number of ether oxygens (including phenoxy) is 3. The first kappa shape index (κ1) is 13.6. The van der Waals surface area contributed by atoms with Gasteiger partial charge in [-0.3, -0.25) is 0 Å². The van der Waals surface area contributed by atoms with Gasteiger partial charge in [0.1, 0.15) is 17.2 Å². The van der Waals surface area contributed by atoms with Gasteiger partial charge >= 0.3 is 12.0 Å². The van der Waals surface area contributed by atoms with E-state index in [-0.39, 0.29) is 11.7 Å². The number of rotatable bonds is 5. The Morgan fingerprint density at radius 3 is 2.25 bits per heavy atom. The molecule has 0 radical (unpaired) electrons. The fraction of sp³-hybridized carbons (Fsp3) is 0.154. The number of carbonyl (C=O) groups is 1. The van der Waals surface area contributed by atoms with E-state index in [0.717, 1.165) is 0 Å². The van der Waals surface area contributed by atoms with Gasteiger partial charge in [-0.1, -0.05) is 0 Å². The third kappa shape index (κ3) is 3.14. The molecule has 0 spiro atoms. The molecule has 0 aliphatic heterocycles. The van der Waals surface area contributed by atoms with Crippen LogP contribution in [0, 0.1) is 0 Å². The van der Waals surface area contributed by atoms with Gasteiger partial charge in [-0.05, 0) is 6.07 Å². The summed E-state index contributed by atoms with van der Waals surface area (Å²) in [6.07, 6.45) is 1.31. The lowest BCUT2D eigenvalue weighted by Crippen LogP contribution is -2.02. The SMILES string of the molecule is COc1cc(OC)cc(Oc2nccc(C(=O)O)n2)c1. The van der Waals surface area contributed by atoms with E-state index in [9.17, 15) is 4.79 Å². The van der Waals surface area contributed by atoms with E-state index < -0.39 is 5.97 Å². The van der Waals surface area contributed by atoms with Crippen molar-refractivity contribution in [2.75, 3.05) is 14.2 Å². The highest BCUT2D eigenvalue weighted by molar-refractivity contribution is 5.85. The van der Waals surface area contributed by atoms with Crippen LogP contribution in [0.15, 0.2) is 30.5 Å². The van der Waals surface area contributed by atoms with E-state index >= 15 is 0 Å². The summed E-state index contributed by atoms with van der Waals surface area (Å²) in [5.74, 6) is 0.298. The average molecular weight is 276 g/mol. The first-order valence-corrected chi connectivity index (χ1v) is 5.59. The largest absolute Gasteiger partial charge is 0.496 e. The number of aromatic nitrogens is 2. The van der Waals surface area contributed by atoms with Crippen molar-refractivity contribution in [3.8, 4) is 23.3 Å². The summed E-state index contributed by atoms with van der Waals surface area (Å²) in [6, 6.07) is 6.11. The zero-order chi connectivity index (χ0) is 14.5. The molecule has 1 aromatic carbocycles. The molecule has 0 aliphatic rings. The van der Waals surface area contributed by atoms with Gasteiger partial charge in [-0.25, -0.2) is 9.78 Å². The lowest BCUT2D eigenvalue weighted by Gasteiger charge is -2.08. The molecule has 0 aliphatic carbocycles.